The number of hydrogen-bond acceptors (Lipinski definition) is 6. The number of fused-ring (bicyclic) bond motifs is 1. The number of rotatable bonds is 3. The molecule has 1 fully saturated rings. The standard InChI is InChI=1S/C14H15ClN2O6S/c15-10-4-9(5-11-13(10)23-7-22-11)14(19)17-16-12(18)3-8-1-2-24(20,21)6-8/h4-5,8H,1-3,6-7H2,(H,16,18)(H,17,19)/t8-/m0/s1. The Bertz CT molecular complexity index is 795. The molecule has 1 atom stereocenters. The van der Waals surface area contributed by atoms with Gasteiger partial charge in [0, 0.05) is 12.0 Å². The Kier molecular flexibility index (Phi) is 4.55. The Balaban J connectivity index is 1.54. The first-order valence-electron chi connectivity index (χ1n) is 7.23. The van der Waals surface area contributed by atoms with Crippen LogP contribution < -0.4 is 20.3 Å². The van der Waals surface area contributed by atoms with Gasteiger partial charge in [0.25, 0.3) is 5.91 Å². The summed E-state index contributed by atoms with van der Waals surface area (Å²) < 4.78 is 33.0. The first-order valence-corrected chi connectivity index (χ1v) is 9.43. The van der Waals surface area contributed by atoms with Crippen molar-refractivity contribution in [1.29, 1.82) is 0 Å². The minimum absolute atomic E-state index is 0.00609. The van der Waals surface area contributed by atoms with E-state index in [1.54, 1.807) is 0 Å². The van der Waals surface area contributed by atoms with E-state index in [0.29, 0.717) is 17.9 Å². The zero-order valence-electron chi connectivity index (χ0n) is 12.5. The molecular formula is C14H15ClN2O6S. The van der Waals surface area contributed by atoms with E-state index in [4.69, 9.17) is 21.1 Å². The molecule has 24 heavy (non-hydrogen) atoms. The minimum atomic E-state index is -3.03. The van der Waals surface area contributed by atoms with Crippen LogP contribution in [0.1, 0.15) is 23.2 Å². The lowest BCUT2D eigenvalue weighted by Gasteiger charge is -2.10. The van der Waals surface area contributed by atoms with Crippen molar-refractivity contribution >= 4 is 33.3 Å². The van der Waals surface area contributed by atoms with E-state index in [1.807, 2.05) is 0 Å². The summed E-state index contributed by atoms with van der Waals surface area (Å²) in [6.07, 6.45) is 0.503. The van der Waals surface area contributed by atoms with Crippen LogP contribution in [0.4, 0.5) is 0 Å². The van der Waals surface area contributed by atoms with Crippen LogP contribution in [0.25, 0.3) is 0 Å². The van der Waals surface area contributed by atoms with E-state index in [0.717, 1.165) is 0 Å². The molecule has 2 heterocycles. The highest BCUT2D eigenvalue weighted by molar-refractivity contribution is 7.91. The van der Waals surface area contributed by atoms with Crippen molar-refractivity contribution in [1.82, 2.24) is 10.9 Å². The molecule has 0 bridgehead atoms. The number of carbonyl (C=O) groups excluding carboxylic acids is 2. The molecule has 0 aromatic heterocycles. The zero-order chi connectivity index (χ0) is 17.3. The molecule has 10 heteroatoms. The topological polar surface area (TPSA) is 111 Å². The van der Waals surface area contributed by atoms with Crippen LogP contribution in [-0.4, -0.2) is 38.5 Å². The van der Waals surface area contributed by atoms with Crippen LogP contribution in [0.5, 0.6) is 11.5 Å². The summed E-state index contributed by atoms with van der Waals surface area (Å²) in [4.78, 5) is 23.9. The maximum atomic E-state index is 12.1. The van der Waals surface area contributed by atoms with Gasteiger partial charge >= 0.3 is 0 Å². The zero-order valence-corrected chi connectivity index (χ0v) is 14.1. The van der Waals surface area contributed by atoms with Gasteiger partial charge < -0.3 is 9.47 Å². The fourth-order valence-corrected chi connectivity index (χ4v) is 4.77. The van der Waals surface area contributed by atoms with E-state index in [1.165, 1.54) is 12.1 Å². The molecule has 0 radical (unpaired) electrons. The summed E-state index contributed by atoms with van der Waals surface area (Å²) in [5.41, 5.74) is 4.74. The molecular weight excluding hydrogens is 360 g/mol. The van der Waals surface area contributed by atoms with Gasteiger partial charge in [0.1, 0.15) is 0 Å². The number of hydrazine groups is 1. The number of amides is 2. The molecule has 2 aliphatic rings. The minimum Gasteiger partial charge on any atom is -0.454 e. The van der Waals surface area contributed by atoms with E-state index in [-0.39, 0.29) is 41.2 Å². The summed E-state index contributed by atoms with van der Waals surface area (Å²) in [5.74, 6) is -0.388. The number of carbonyl (C=O) groups is 2. The van der Waals surface area contributed by atoms with Crippen LogP contribution in [0.15, 0.2) is 12.1 Å². The Morgan fingerprint density at radius 2 is 2.04 bits per heavy atom. The van der Waals surface area contributed by atoms with Crippen LogP contribution in [0.3, 0.4) is 0 Å². The second-order valence-corrected chi connectivity index (χ2v) is 8.30. The molecule has 1 aromatic carbocycles. The van der Waals surface area contributed by atoms with Crippen molar-refractivity contribution in [2.45, 2.75) is 12.8 Å². The normalized spacial score (nSPS) is 20.6. The lowest BCUT2D eigenvalue weighted by atomic mass is 10.1. The summed E-state index contributed by atoms with van der Waals surface area (Å²) in [6.45, 7) is 0.0289. The van der Waals surface area contributed by atoms with Gasteiger partial charge in [0.15, 0.2) is 21.3 Å². The monoisotopic (exact) mass is 374 g/mol. The van der Waals surface area contributed by atoms with E-state index < -0.39 is 21.7 Å². The molecule has 0 aliphatic carbocycles. The van der Waals surface area contributed by atoms with Crippen molar-refractivity contribution in [3.8, 4) is 11.5 Å². The molecule has 0 saturated carbocycles. The molecule has 3 rings (SSSR count). The van der Waals surface area contributed by atoms with Gasteiger partial charge in [-0.2, -0.15) is 0 Å². The fourth-order valence-electron chi connectivity index (χ4n) is 2.64. The van der Waals surface area contributed by atoms with Gasteiger partial charge in [-0.3, -0.25) is 20.4 Å². The highest BCUT2D eigenvalue weighted by Gasteiger charge is 2.29. The maximum absolute atomic E-state index is 12.1. The molecule has 2 aliphatic heterocycles. The van der Waals surface area contributed by atoms with Crippen molar-refractivity contribution in [3.63, 3.8) is 0 Å². The number of benzene rings is 1. The predicted molar refractivity (Wildman–Crippen MR) is 84.6 cm³/mol. The van der Waals surface area contributed by atoms with Crippen molar-refractivity contribution < 1.29 is 27.5 Å². The average Bonchev–Trinajstić information content (AvgIpc) is 3.11. The highest BCUT2D eigenvalue weighted by Crippen LogP contribution is 2.39. The molecule has 1 saturated heterocycles. The predicted octanol–water partition coefficient (Wildman–Crippen LogP) is 0.655. The number of sulfone groups is 1. The Hall–Kier alpha value is -2.00. The number of halogens is 1. The van der Waals surface area contributed by atoms with Gasteiger partial charge in [-0.05, 0) is 24.5 Å². The smallest absolute Gasteiger partial charge is 0.269 e. The number of hydrogen-bond donors (Lipinski definition) is 2. The maximum Gasteiger partial charge on any atom is 0.269 e. The quantitative estimate of drug-likeness (QED) is 0.752. The molecule has 0 spiro atoms. The SMILES string of the molecule is O=C(C[C@@H]1CCS(=O)(=O)C1)NNC(=O)c1cc(Cl)c2c(c1)OCO2. The van der Waals surface area contributed by atoms with Gasteiger partial charge in [0.2, 0.25) is 12.7 Å². The van der Waals surface area contributed by atoms with Crippen molar-refractivity contribution in [3.05, 3.63) is 22.7 Å². The molecule has 1 aromatic rings. The van der Waals surface area contributed by atoms with Gasteiger partial charge in [-0.25, -0.2) is 8.42 Å². The van der Waals surface area contributed by atoms with E-state index >= 15 is 0 Å². The van der Waals surface area contributed by atoms with Crippen molar-refractivity contribution in [2.24, 2.45) is 5.92 Å². The van der Waals surface area contributed by atoms with E-state index in [9.17, 15) is 18.0 Å². The van der Waals surface area contributed by atoms with Gasteiger partial charge in [-0.15, -0.1) is 0 Å². The first kappa shape index (κ1) is 16.8. The van der Waals surface area contributed by atoms with Crippen LogP contribution in [-0.2, 0) is 14.6 Å². The number of ether oxygens (including phenoxy) is 2. The molecule has 2 amide bonds. The summed E-state index contributed by atoms with van der Waals surface area (Å²) in [7, 11) is -3.03. The van der Waals surface area contributed by atoms with Crippen molar-refractivity contribution in [2.75, 3.05) is 18.3 Å². The Morgan fingerprint density at radius 1 is 1.25 bits per heavy atom. The third-order valence-electron chi connectivity index (χ3n) is 3.81. The summed E-state index contributed by atoms with van der Waals surface area (Å²) >= 11 is 5.99. The summed E-state index contributed by atoms with van der Waals surface area (Å²) in [6, 6.07) is 2.86. The molecule has 8 nitrogen and oxygen atoms in total. The van der Waals surface area contributed by atoms with Crippen LogP contribution in [0.2, 0.25) is 5.02 Å². The Morgan fingerprint density at radius 3 is 2.75 bits per heavy atom. The molecule has 2 N–H and O–H groups in total. The summed E-state index contributed by atoms with van der Waals surface area (Å²) in [5, 5.41) is 0.234. The fraction of sp³-hybridized carbons (Fsp3) is 0.429. The van der Waals surface area contributed by atoms with Crippen LogP contribution in [0, 0.1) is 5.92 Å². The first-order chi connectivity index (χ1) is 11.3. The van der Waals surface area contributed by atoms with Crippen LogP contribution >= 0.6 is 11.6 Å². The highest BCUT2D eigenvalue weighted by atomic mass is 35.5. The lowest BCUT2D eigenvalue weighted by molar-refractivity contribution is -0.122. The molecule has 0 unspecified atom stereocenters. The lowest BCUT2D eigenvalue weighted by Crippen LogP contribution is -2.42. The van der Waals surface area contributed by atoms with E-state index in [2.05, 4.69) is 10.9 Å². The second-order valence-electron chi connectivity index (χ2n) is 5.67. The molecule has 130 valence electrons. The third kappa shape index (κ3) is 3.73. The van der Waals surface area contributed by atoms with Gasteiger partial charge in [-0.1, -0.05) is 11.6 Å². The largest absolute Gasteiger partial charge is 0.454 e. The third-order valence-corrected chi connectivity index (χ3v) is 5.92. The number of nitrogens with one attached hydrogen (secondary N) is 2. The second kappa shape index (κ2) is 6.48. The average molecular weight is 375 g/mol. The Labute approximate surface area is 143 Å². The van der Waals surface area contributed by atoms with Gasteiger partial charge in [0.05, 0.1) is 16.5 Å².